The van der Waals surface area contributed by atoms with Gasteiger partial charge in [-0.2, -0.15) is 0 Å². The molecule has 2 heterocycles. The van der Waals surface area contributed by atoms with Crippen LogP contribution in [0.3, 0.4) is 0 Å². The highest BCUT2D eigenvalue weighted by atomic mass is 35.5. The van der Waals surface area contributed by atoms with Gasteiger partial charge in [-0.05, 0) is 66.6 Å². The molecule has 0 N–H and O–H groups in total. The molecule has 166 valence electrons. The molecule has 6 heteroatoms. The van der Waals surface area contributed by atoms with E-state index in [-0.39, 0.29) is 30.4 Å². The van der Waals surface area contributed by atoms with Crippen molar-refractivity contribution in [1.82, 2.24) is 9.80 Å². The van der Waals surface area contributed by atoms with Crippen molar-refractivity contribution in [3.05, 3.63) is 92.6 Å². The van der Waals surface area contributed by atoms with Gasteiger partial charge in [0.25, 0.3) is 5.91 Å². The van der Waals surface area contributed by atoms with Gasteiger partial charge in [-0.3, -0.25) is 9.59 Å². The molecule has 0 spiro atoms. The van der Waals surface area contributed by atoms with Gasteiger partial charge < -0.3 is 9.80 Å². The van der Waals surface area contributed by atoms with Crippen molar-refractivity contribution in [1.29, 1.82) is 0 Å². The second-order valence-corrected chi connectivity index (χ2v) is 9.58. The van der Waals surface area contributed by atoms with E-state index in [1.807, 2.05) is 61.2 Å². The molecule has 2 amide bonds. The predicted molar refractivity (Wildman–Crippen MR) is 130 cm³/mol. The second kappa shape index (κ2) is 9.88. The number of halogens is 1. The van der Waals surface area contributed by atoms with Crippen LogP contribution in [0.25, 0.3) is 0 Å². The van der Waals surface area contributed by atoms with Crippen molar-refractivity contribution >= 4 is 34.8 Å². The molecule has 1 aromatic heterocycles. The summed E-state index contributed by atoms with van der Waals surface area (Å²) in [6.07, 6.45) is 1.61. The van der Waals surface area contributed by atoms with Crippen molar-refractivity contribution in [2.45, 2.75) is 38.8 Å². The van der Waals surface area contributed by atoms with Crippen LogP contribution in [0.2, 0.25) is 5.02 Å². The zero-order valence-corrected chi connectivity index (χ0v) is 19.9. The number of rotatable bonds is 6. The first-order valence-electron chi connectivity index (χ1n) is 11.0. The molecule has 1 aliphatic rings. The van der Waals surface area contributed by atoms with Gasteiger partial charge in [-0.25, -0.2) is 0 Å². The normalized spacial score (nSPS) is 16.3. The number of benzene rings is 2. The smallest absolute Gasteiger partial charge is 0.254 e. The van der Waals surface area contributed by atoms with Gasteiger partial charge in [-0.1, -0.05) is 48.9 Å². The van der Waals surface area contributed by atoms with Crippen LogP contribution in [0.15, 0.2) is 66.0 Å². The van der Waals surface area contributed by atoms with Gasteiger partial charge in [0.05, 0.1) is 6.04 Å². The van der Waals surface area contributed by atoms with E-state index in [1.54, 1.807) is 28.4 Å². The minimum atomic E-state index is -0.166. The maximum Gasteiger partial charge on any atom is 0.254 e. The van der Waals surface area contributed by atoms with E-state index >= 15 is 0 Å². The number of hydrogen-bond acceptors (Lipinski definition) is 3. The third-order valence-electron chi connectivity index (χ3n) is 6.18. The fourth-order valence-corrected chi connectivity index (χ4v) is 5.25. The molecular formula is C26H27ClN2O2S. The Bertz CT molecular complexity index is 1080. The number of carbonyl (C=O) groups excluding carboxylic acids is 2. The number of carbonyl (C=O) groups is 2. The Balaban J connectivity index is 1.63. The van der Waals surface area contributed by atoms with Crippen LogP contribution in [0.4, 0.5) is 0 Å². The van der Waals surface area contributed by atoms with Gasteiger partial charge in [0, 0.05) is 28.0 Å². The van der Waals surface area contributed by atoms with E-state index < -0.39 is 0 Å². The van der Waals surface area contributed by atoms with E-state index in [0.29, 0.717) is 17.1 Å². The molecule has 3 aromatic rings. The Morgan fingerprint density at radius 1 is 1.12 bits per heavy atom. The summed E-state index contributed by atoms with van der Waals surface area (Å²) >= 11 is 7.86. The molecule has 2 unspecified atom stereocenters. The second-order valence-electron chi connectivity index (χ2n) is 8.15. The summed E-state index contributed by atoms with van der Waals surface area (Å²) in [4.78, 5) is 31.9. The number of nitrogens with zero attached hydrogens (tertiary/aromatic N) is 2. The standard InChI is InChI=1S/C26H27ClN2O2S/c1-3-18(2)29(26(31)20-7-5-4-6-8-20)17-24(30)28-15-13-23-22(14-16-32-23)25(28)19-9-11-21(27)12-10-19/h4-12,14,16,18,25H,3,13,15,17H2,1-2H3. The Morgan fingerprint density at radius 2 is 1.84 bits per heavy atom. The fourth-order valence-electron chi connectivity index (χ4n) is 4.22. The molecule has 0 radical (unpaired) electrons. The first-order chi connectivity index (χ1) is 15.5. The SMILES string of the molecule is CCC(C)N(CC(=O)N1CCc2sccc2C1c1ccc(Cl)cc1)C(=O)c1ccccc1. The van der Waals surface area contributed by atoms with Gasteiger partial charge >= 0.3 is 0 Å². The summed E-state index contributed by atoms with van der Waals surface area (Å²) in [5.41, 5.74) is 2.81. The summed E-state index contributed by atoms with van der Waals surface area (Å²) in [5.74, 6) is -0.143. The molecule has 0 fully saturated rings. The molecule has 0 saturated carbocycles. The summed E-state index contributed by atoms with van der Waals surface area (Å²) < 4.78 is 0. The zero-order chi connectivity index (χ0) is 22.7. The third kappa shape index (κ3) is 4.59. The molecule has 0 saturated heterocycles. The van der Waals surface area contributed by atoms with Gasteiger partial charge in [0.15, 0.2) is 0 Å². The topological polar surface area (TPSA) is 40.6 Å². The quantitative estimate of drug-likeness (QED) is 0.459. The lowest BCUT2D eigenvalue weighted by atomic mass is 9.93. The van der Waals surface area contributed by atoms with Crippen molar-refractivity contribution in [2.24, 2.45) is 0 Å². The highest BCUT2D eigenvalue weighted by Gasteiger charge is 2.34. The maximum absolute atomic E-state index is 13.7. The van der Waals surface area contributed by atoms with Gasteiger partial charge in [0.1, 0.15) is 6.54 Å². The molecule has 2 atom stereocenters. The highest BCUT2D eigenvalue weighted by molar-refractivity contribution is 7.10. The Labute approximate surface area is 198 Å². The van der Waals surface area contributed by atoms with E-state index in [4.69, 9.17) is 11.6 Å². The van der Waals surface area contributed by atoms with Gasteiger partial charge in [0.2, 0.25) is 5.91 Å². The minimum Gasteiger partial charge on any atom is -0.330 e. The summed E-state index contributed by atoms with van der Waals surface area (Å²) in [7, 11) is 0. The summed E-state index contributed by atoms with van der Waals surface area (Å²) in [6, 6.07) is 18.8. The van der Waals surface area contributed by atoms with Crippen LogP contribution in [0.1, 0.15) is 52.7 Å². The van der Waals surface area contributed by atoms with Crippen LogP contribution in [0, 0.1) is 0 Å². The van der Waals surface area contributed by atoms with Crippen molar-refractivity contribution < 1.29 is 9.59 Å². The monoisotopic (exact) mass is 466 g/mol. The zero-order valence-electron chi connectivity index (χ0n) is 18.3. The first kappa shape index (κ1) is 22.6. The predicted octanol–water partition coefficient (Wildman–Crippen LogP) is 5.82. The average Bonchev–Trinajstić information content (AvgIpc) is 3.31. The molecule has 0 bridgehead atoms. The van der Waals surface area contributed by atoms with Crippen molar-refractivity contribution in [2.75, 3.05) is 13.1 Å². The number of fused-ring (bicyclic) bond motifs is 1. The lowest BCUT2D eigenvalue weighted by Gasteiger charge is -2.38. The molecule has 0 aliphatic carbocycles. The van der Waals surface area contributed by atoms with Crippen LogP contribution in [0.5, 0.6) is 0 Å². The molecule has 1 aliphatic heterocycles. The Morgan fingerprint density at radius 3 is 2.53 bits per heavy atom. The van der Waals surface area contributed by atoms with Crippen molar-refractivity contribution in [3.8, 4) is 0 Å². The molecular weight excluding hydrogens is 440 g/mol. The van der Waals surface area contributed by atoms with Gasteiger partial charge in [-0.15, -0.1) is 11.3 Å². The molecule has 4 rings (SSSR count). The van der Waals surface area contributed by atoms with Crippen LogP contribution in [-0.4, -0.2) is 40.7 Å². The highest BCUT2D eigenvalue weighted by Crippen LogP contribution is 2.38. The molecule has 32 heavy (non-hydrogen) atoms. The molecule has 2 aromatic carbocycles. The number of thiophene rings is 1. The number of hydrogen-bond donors (Lipinski definition) is 0. The summed E-state index contributed by atoms with van der Waals surface area (Å²) in [5, 5.41) is 2.76. The van der Waals surface area contributed by atoms with E-state index in [2.05, 4.69) is 11.4 Å². The lowest BCUT2D eigenvalue weighted by Crippen LogP contribution is -2.49. The fraction of sp³-hybridized carbons (Fsp3) is 0.308. The molecule has 4 nitrogen and oxygen atoms in total. The van der Waals surface area contributed by atoms with E-state index in [0.717, 1.165) is 18.4 Å². The summed E-state index contributed by atoms with van der Waals surface area (Å²) in [6.45, 7) is 4.73. The van der Waals surface area contributed by atoms with Crippen molar-refractivity contribution in [3.63, 3.8) is 0 Å². The average molecular weight is 467 g/mol. The largest absolute Gasteiger partial charge is 0.330 e. The van der Waals surface area contributed by atoms with Crippen LogP contribution >= 0.6 is 22.9 Å². The van der Waals surface area contributed by atoms with Crippen LogP contribution in [-0.2, 0) is 11.2 Å². The van der Waals surface area contributed by atoms with E-state index in [1.165, 1.54) is 10.4 Å². The van der Waals surface area contributed by atoms with E-state index in [9.17, 15) is 9.59 Å². The minimum absolute atomic E-state index is 0.0358. The third-order valence-corrected chi connectivity index (χ3v) is 7.43. The number of amides is 2. The van der Waals surface area contributed by atoms with Crippen LogP contribution < -0.4 is 0 Å². The maximum atomic E-state index is 13.7. The first-order valence-corrected chi connectivity index (χ1v) is 12.2. The lowest BCUT2D eigenvalue weighted by molar-refractivity contribution is -0.134. The Hall–Kier alpha value is -2.63. The Kier molecular flexibility index (Phi) is 6.97.